The minimum Gasteiger partial charge on any atom is -0.444 e. The number of amides is 4. The van der Waals surface area contributed by atoms with E-state index in [4.69, 9.17) is 9.47 Å². The second-order valence-electron chi connectivity index (χ2n) is 13.0. The maximum Gasteiger partial charge on any atom is 0.408 e. The van der Waals surface area contributed by atoms with Gasteiger partial charge in [-0.05, 0) is 51.3 Å². The molecule has 4 amide bonds. The lowest BCUT2D eigenvalue weighted by Gasteiger charge is -2.29. The Morgan fingerprint density at radius 3 is 2.00 bits per heavy atom. The molecule has 12 nitrogen and oxygen atoms in total. The lowest BCUT2D eigenvalue weighted by atomic mass is 10.0. The molecule has 0 aliphatic carbocycles. The Bertz CT molecular complexity index is 1690. The predicted octanol–water partition coefficient (Wildman–Crippen LogP) is 4.73. The summed E-state index contributed by atoms with van der Waals surface area (Å²) >= 11 is 0. The van der Waals surface area contributed by atoms with Crippen LogP contribution < -0.4 is 21.3 Å². The Morgan fingerprint density at radius 1 is 0.796 bits per heavy atom. The van der Waals surface area contributed by atoms with E-state index in [1.54, 1.807) is 31.5 Å². The Labute approximate surface area is 286 Å². The first-order chi connectivity index (χ1) is 23.3. The van der Waals surface area contributed by atoms with E-state index in [0.29, 0.717) is 6.54 Å². The molecular weight excluding hydrogens is 624 g/mol. The Hall–Kier alpha value is -5.49. The number of benzene rings is 3. The summed E-state index contributed by atoms with van der Waals surface area (Å²) < 4.78 is 12.7. The zero-order valence-electron chi connectivity index (χ0n) is 28.4. The van der Waals surface area contributed by atoms with Crippen molar-refractivity contribution in [1.29, 1.82) is 0 Å². The van der Waals surface area contributed by atoms with Crippen molar-refractivity contribution in [2.45, 2.75) is 71.0 Å². The van der Waals surface area contributed by atoms with Gasteiger partial charge in [-0.1, -0.05) is 91.0 Å². The Balaban J connectivity index is 1.49. The van der Waals surface area contributed by atoms with Gasteiger partial charge in [0.15, 0.2) is 5.82 Å². The van der Waals surface area contributed by atoms with Crippen molar-refractivity contribution in [2.24, 2.45) is 0 Å². The predicted molar refractivity (Wildman–Crippen MR) is 185 cm³/mol. The fourth-order valence-electron chi connectivity index (χ4n) is 4.74. The van der Waals surface area contributed by atoms with Gasteiger partial charge in [-0.25, -0.2) is 9.78 Å². The van der Waals surface area contributed by atoms with E-state index in [1.165, 1.54) is 20.2 Å². The van der Waals surface area contributed by atoms with Gasteiger partial charge in [-0.15, -0.1) is 0 Å². The number of hydrogen-bond acceptors (Lipinski definition) is 7. The van der Waals surface area contributed by atoms with Crippen LogP contribution in [0.25, 0.3) is 0 Å². The van der Waals surface area contributed by atoms with E-state index in [0.717, 1.165) is 16.7 Å². The highest BCUT2D eigenvalue weighted by molar-refractivity contribution is 5.98. The number of aromatic nitrogens is 2. The van der Waals surface area contributed by atoms with Gasteiger partial charge in [-0.3, -0.25) is 14.4 Å². The second-order valence-corrected chi connectivity index (χ2v) is 13.0. The number of imidazole rings is 1. The molecule has 0 fully saturated rings. The molecule has 0 radical (unpaired) electrons. The number of anilines is 1. The van der Waals surface area contributed by atoms with Crippen molar-refractivity contribution < 1.29 is 28.7 Å². The third kappa shape index (κ3) is 11.3. The minimum absolute atomic E-state index is 0.162. The first-order valence-electron chi connectivity index (χ1n) is 16.0. The van der Waals surface area contributed by atoms with E-state index in [2.05, 4.69) is 26.3 Å². The summed E-state index contributed by atoms with van der Waals surface area (Å²) in [6, 6.07) is 26.3. The van der Waals surface area contributed by atoms with Crippen LogP contribution in [-0.2, 0) is 37.0 Å². The molecule has 4 N–H and O–H groups in total. The summed E-state index contributed by atoms with van der Waals surface area (Å²) in [6.07, 6.45) is 2.23. The third-order valence-electron chi connectivity index (χ3n) is 7.22. The lowest BCUT2D eigenvalue weighted by molar-refractivity contribution is -0.131. The van der Waals surface area contributed by atoms with E-state index in [9.17, 15) is 19.2 Å². The molecule has 0 aliphatic rings. The maximum absolute atomic E-state index is 13.6. The fraction of sp³-hybridized carbons (Fsp3) is 0.324. The maximum atomic E-state index is 13.6. The molecule has 4 rings (SSSR count). The second kappa shape index (κ2) is 16.6. The summed E-state index contributed by atoms with van der Waals surface area (Å²) in [5.74, 6) is -1.34. The highest BCUT2D eigenvalue weighted by Gasteiger charge is 2.35. The average Bonchev–Trinajstić information content (AvgIpc) is 3.51. The quantitative estimate of drug-likeness (QED) is 0.152. The highest BCUT2D eigenvalue weighted by atomic mass is 16.6. The Morgan fingerprint density at radius 2 is 1.39 bits per heavy atom. The number of nitrogens with zero attached hydrogens (tertiary/aromatic N) is 2. The van der Waals surface area contributed by atoms with Gasteiger partial charge < -0.3 is 35.3 Å². The van der Waals surface area contributed by atoms with Gasteiger partial charge in [0.05, 0.1) is 19.5 Å². The van der Waals surface area contributed by atoms with Crippen molar-refractivity contribution >= 4 is 29.6 Å². The van der Waals surface area contributed by atoms with E-state index in [-0.39, 0.29) is 24.9 Å². The van der Waals surface area contributed by atoms with Crippen LogP contribution in [0.3, 0.4) is 0 Å². The zero-order chi connectivity index (χ0) is 35.4. The molecule has 12 heteroatoms. The van der Waals surface area contributed by atoms with Crippen LogP contribution in [0, 0.1) is 0 Å². The molecule has 2 atom stereocenters. The minimum atomic E-state index is -1.43. The summed E-state index contributed by atoms with van der Waals surface area (Å²) in [4.78, 5) is 57.3. The van der Waals surface area contributed by atoms with Crippen LogP contribution >= 0.6 is 0 Å². The standard InChI is InChI=1S/C37H44N6O6/c1-36(2,3)49-35(47)42-37(4,5)34(46)40-29(24-48-23-27-17-11-7-12-18-27)32(44)41-30-22-43(25-39-30)31(28-19-13-8-14-20-28)33(45)38-21-26-15-9-6-10-16-26/h6-20,22,25,29,31H,21,23-24H2,1-5H3,(H,38,45)(H,40,46)(H,41,44)(H,42,47)/t29-,31?/m1/s1. The lowest BCUT2D eigenvalue weighted by Crippen LogP contribution is -2.59. The molecular formula is C37H44N6O6. The summed E-state index contributed by atoms with van der Waals surface area (Å²) in [6.45, 7) is 8.50. The van der Waals surface area contributed by atoms with Crippen molar-refractivity contribution in [2.75, 3.05) is 11.9 Å². The van der Waals surface area contributed by atoms with Gasteiger partial charge in [0.25, 0.3) is 5.91 Å². The molecule has 4 aromatic rings. The van der Waals surface area contributed by atoms with Gasteiger partial charge in [0, 0.05) is 12.7 Å². The number of carbonyl (C=O) groups excluding carboxylic acids is 4. The summed E-state index contributed by atoms with van der Waals surface area (Å²) in [5, 5.41) is 11.0. The van der Waals surface area contributed by atoms with Crippen LogP contribution in [0.15, 0.2) is 104 Å². The molecule has 1 aromatic heterocycles. The van der Waals surface area contributed by atoms with Crippen LogP contribution in [0.1, 0.15) is 57.4 Å². The normalized spacial score (nSPS) is 12.7. The summed E-state index contributed by atoms with van der Waals surface area (Å²) in [5.41, 5.74) is 0.361. The molecule has 3 aromatic carbocycles. The average molecular weight is 669 g/mol. The Kier molecular flexibility index (Phi) is 12.3. The molecule has 258 valence electrons. The van der Waals surface area contributed by atoms with Gasteiger partial charge in [-0.2, -0.15) is 0 Å². The van der Waals surface area contributed by atoms with Crippen molar-refractivity contribution in [3.05, 3.63) is 120 Å². The van der Waals surface area contributed by atoms with Crippen molar-refractivity contribution in [3.8, 4) is 0 Å². The van der Waals surface area contributed by atoms with Crippen molar-refractivity contribution in [3.63, 3.8) is 0 Å². The molecule has 1 unspecified atom stereocenters. The topological polar surface area (TPSA) is 153 Å². The van der Waals surface area contributed by atoms with E-state index in [1.807, 2.05) is 91.0 Å². The van der Waals surface area contributed by atoms with Crippen molar-refractivity contribution in [1.82, 2.24) is 25.5 Å². The number of ether oxygens (including phenoxy) is 2. The SMILES string of the molecule is CC(C)(C)OC(=O)NC(C)(C)C(=O)N[C@H](COCc1ccccc1)C(=O)Nc1cn(C(C(=O)NCc2ccccc2)c2ccccc2)cn1. The molecule has 1 heterocycles. The monoisotopic (exact) mass is 668 g/mol. The zero-order valence-corrected chi connectivity index (χ0v) is 28.4. The van der Waals surface area contributed by atoms with Gasteiger partial charge in [0.1, 0.15) is 23.2 Å². The van der Waals surface area contributed by atoms with Gasteiger partial charge in [0.2, 0.25) is 11.8 Å². The summed E-state index contributed by atoms with van der Waals surface area (Å²) in [7, 11) is 0. The third-order valence-corrected chi connectivity index (χ3v) is 7.22. The molecule has 0 aliphatic heterocycles. The number of nitrogens with one attached hydrogen (secondary N) is 4. The van der Waals surface area contributed by atoms with Crippen LogP contribution in [0.5, 0.6) is 0 Å². The van der Waals surface area contributed by atoms with Crippen LogP contribution in [0.2, 0.25) is 0 Å². The largest absolute Gasteiger partial charge is 0.444 e. The van der Waals surface area contributed by atoms with Crippen LogP contribution in [0.4, 0.5) is 10.6 Å². The van der Waals surface area contributed by atoms with E-state index >= 15 is 0 Å². The number of rotatable bonds is 14. The highest BCUT2D eigenvalue weighted by Crippen LogP contribution is 2.21. The number of carbonyl (C=O) groups is 4. The van der Waals surface area contributed by atoms with E-state index < -0.39 is 41.1 Å². The fourth-order valence-corrected chi connectivity index (χ4v) is 4.74. The van der Waals surface area contributed by atoms with Gasteiger partial charge >= 0.3 is 6.09 Å². The smallest absolute Gasteiger partial charge is 0.408 e. The molecule has 0 saturated carbocycles. The first-order valence-corrected chi connectivity index (χ1v) is 16.0. The molecule has 0 spiro atoms. The molecule has 49 heavy (non-hydrogen) atoms. The molecule has 0 bridgehead atoms. The van der Waals surface area contributed by atoms with Crippen LogP contribution in [-0.4, -0.2) is 57.2 Å². The first kappa shape index (κ1) is 36.3. The molecule has 0 saturated heterocycles. The number of hydrogen-bond donors (Lipinski definition) is 4. The number of alkyl carbamates (subject to hydrolysis) is 1.